The summed E-state index contributed by atoms with van der Waals surface area (Å²) in [6, 6.07) is 9.56. The molecule has 3 aromatic heterocycles. The SMILES string of the molecule is CC(=O)Nc1nn(C)c2cc(Nc3n[nH]c4cccnc34)ccc12. The van der Waals surface area contributed by atoms with Crippen LogP contribution < -0.4 is 10.6 Å². The van der Waals surface area contributed by atoms with Gasteiger partial charge in [-0.3, -0.25) is 19.6 Å². The number of amides is 1. The number of fused-ring (bicyclic) bond motifs is 2. The molecule has 8 nitrogen and oxygen atoms in total. The molecule has 0 fully saturated rings. The molecule has 1 amide bonds. The van der Waals surface area contributed by atoms with Crippen molar-refractivity contribution in [3.63, 3.8) is 0 Å². The minimum atomic E-state index is -0.147. The Labute approximate surface area is 136 Å². The molecule has 0 saturated heterocycles. The number of carbonyl (C=O) groups is 1. The van der Waals surface area contributed by atoms with Crippen LogP contribution in [0.1, 0.15) is 6.92 Å². The summed E-state index contributed by atoms with van der Waals surface area (Å²) in [5, 5.41) is 18.4. The van der Waals surface area contributed by atoms with E-state index in [1.807, 2.05) is 37.4 Å². The first-order valence-electron chi connectivity index (χ1n) is 7.42. The normalized spacial score (nSPS) is 11.1. The van der Waals surface area contributed by atoms with Crippen molar-refractivity contribution in [1.29, 1.82) is 0 Å². The van der Waals surface area contributed by atoms with Crippen molar-refractivity contribution in [3.05, 3.63) is 36.5 Å². The van der Waals surface area contributed by atoms with Crippen LogP contribution in [0.15, 0.2) is 36.5 Å². The van der Waals surface area contributed by atoms with E-state index in [1.165, 1.54) is 6.92 Å². The lowest BCUT2D eigenvalue weighted by atomic mass is 10.2. The highest BCUT2D eigenvalue weighted by Gasteiger charge is 2.12. The molecule has 8 heteroatoms. The van der Waals surface area contributed by atoms with E-state index in [0.29, 0.717) is 11.6 Å². The van der Waals surface area contributed by atoms with Gasteiger partial charge in [0.05, 0.1) is 11.0 Å². The number of aromatic amines is 1. The molecule has 3 heterocycles. The molecule has 0 atom stereocenters. The molecule has 4 rings (SSSR count). The number of anilines is 3. The first-order chi connectivity index (χ1) is 11.6. The van der Waals surface area contributed by atoms with Gasteiger partial charge in [-0.1, -0.05) is 0 Å². The molecule has 0 aliphatic carbocycles. The van der Waals surface area contributed by atoms with Crippen molar-refractivity contribution in [2.75, 3.05) is 10.6 Å². The van der Waals surface area contributed by atoms with E-state index < -0.39 is 0 Å². The van der Waals surface area contributed by atoms with Crippen LogP contribution in [0, 0.1) is 0 Å². The highest BCUT2D eigenvalue weighted by atomic mass is 16.1. The summed E-state index contributed by atoms with van der Waals surface area (Å²) in [5.41, 5.74) is 3.41. The van der Waals surface area contributed by atoms with Crippen LogP contribution in [-0.2, 0) is 11.8 Å². The lowest BCUT2D eigenvalue weighted by Gasteiger charge is -2.04. The van der Waals surface area contributed by atoms with Gasteiger partial charge in [-0.2, -0.15) is 10.2 Å². The predicted molar refractivity (Wildman–Crippen MR) is 92.2 cm³/mol. The number of nitrogens with zero attached hydrogens (tertiary/aromatic N) is 4. The quantitative estimate of drug-likeness (QED) is 0.538. The number of H-pyrrole nitrogens is 1. The fourth-order valence-electron chi connectivity index (χ4n) is 2.67. The van der Waals surface area contributed by atoms with Crippen molar-refractivity contribution < 1.29 is 4.79 Å². The number of benzene rings is 1. The average Bonchev–Trinajstić information content (AvgIpc) is 3.09. The Morgan fingerprint density at radius 3 is 2.96 bits per heavy atom. The third-order valence-electron chi connectivity index (χ3n) is 3.73. The van der Waals surface area contributed by atoms with Crippen LogP contribution in [0.25, 0.3) is 21.9 Å². The van der Waals surface area contributed by atoms with Gasteiger partial charge in [0.15, 0.2) is 11.6 Å². The van der Waals surface area contributed by atoms with Crippen LogP contribution in [0.4, 0.5) is 17.3 Å². The van der Waals surface area contributed by atoms with E-state index in [2.05, 4.69) is 30.9 Å². The zero-order valence-corrected chi connectivity index (χ0v) is 13.2. The topological polar surface area (TPSA) is 101 Å². The first kappa shape index (κ1) is 14.2. The molecule has 0 spiro atoms. The smallest absolute Gasteiger partial charge is 0.222 e. The number of carbonyl (C=O) groups excluding carboxylic acids is 1. The Bertz CT molecular complexity index is 1060. The van der Waals surface area contributed by atoms with E-state index in [4.69, 9.17) is 0 Å². The second-order valence-electron chi connectivity index (χ2n) is 5.48. The number of aromatic nitrogens is 5. The standard InChI is InChI=1S/C16H15N7O/c1-9(24)18-15-11-6-5-10(8-13(11)23(2)22-15)19-16-14-12(20-21-16)4-3-7-17-14/h3-8H,1-2H3,(H,18,22,24)(H2,19,20,21). The van der Waals surface area contributed by atoms with Gasteiger partial charge in [0.25, 0.3) is 0 Å². The van der Waals surface area contributed by atoms with E-state index in [0.717, 1.165) is 27.6 Å². The highest BCUT2D eigenvalue weighted by Crippen LogP contribution is 2.28. The number of aryl methyl sites for hydroxylation is 1. The molecule has 4 aromatic rings. The van der Waals surface area contributed by atoms with Crippen LogP contribution >= 0.6 is 0 Å². The fourth-order valence-corrected chi connectivity index (χ4v) is 2.67. The average molecular weight is 321 g/mol. The van der Waals surface area contributed by atoms with Crippen LogP contribution in [-0.4, -0.2) is 30.9 Å². The maximum Gasteiger partial charge on any atom is 0.222 e. The zero-order chi connectivity index (χ0) is 16.7. The largest absolute Gasteiger partial charge is 0.337 e. The number of hydrogen-bond acceptors (Lipinski definition) is 5. The molecule has 24 heavy (non-hydrogen) atoms. The summed E-state index contributed by atoms with van der Waals surface area (Å²) in [7, 11) is 1.84. The van der Waals surface area contributed by atoms with Gasteiger partial charge in [0.2, 0.25) is 5.91 Å². The minimum Gasteiger partial charge on any atom is -0.337 e. The highest BCUT2D eigenvalue weighted by molar-refractivity contribution is 6.00. The van der Waals surface area contributed by atoms with Gasteiger partial charge in [0, 0.05) is 31.2 Å². The van der Waals surface area contributed by atoms with E-state index >= 15 is 0 Å². The Kier molecular flexibility index (Phi) is 3.16. The minimum absolute atomic E-state index is 0.147. The molecule has 1 aromatic carbocycles. The zero-order valence-electron chi connectivity index (χ0n) is 13.2. The molecular formula is C16H15N7O. The number of nitrogens with one attached hydrogen (secondary N) is 3. The molecule has 0 aliphatic rings. The second kappa shape index (κ2) is 5.34. The van der Waals surface area contributed by atoms with Crippen molar-refractivity contribution in [1.82, 2.24) is 25.0 Å². The van der Waals surface area contributed by atoms with Crippen LogP contribution in [0.3, 0.4) is 0 Å². The molecule has 120 valence electrons. The number of hydrogen-bond donors (Lipinski definition) is 3. The van der Waals surface area contributed by atoms with Gasteiger partial charge in [-0.05, 0) is 30.3 Å². The third-order valence-corrected chi connectivity index (χ3v) is 3.73. The summed E-state index contributed by atoms with van der Waals surface area (Å²) in [5.74, 6) is 1.07. The number of pyridine rings is 1. The van der Waals surface area contributed by atoms with Crippen molar-refractivity contribution in [2.45, 2.75) is 6.92 Å². The van der Waals surface area contributed by atoms with Crippen molar-refractivity contribution in [2.24, 2.45) is 7.05 Å². The van der Waals surface area contributed by atoms with Gasteiger partial charge in [-0.25, -0.2) is 0 Å². The molecule has 0 bridgehead atoms. The summed E-state index contributed by atoms with van der Waals surface area (Å²) in [6.45, 7) is 1.46. The summed E-state index contributed by atoms with van der Waals surface area (Å²) in [6.07, 6.45) is 1.73. The van der Waals surface area contributed by atoms with Crippen LogP contribution in [0.5, 0.6) is 0 Å². The molecular weight excluding hydrogens is 306 g/mol. The van der Waals surface area contributed by atoms with Gasteiger partial charge in [0.1, 0.15) is 5.52 Å². The predicted octanol–water partition coefficient (Wildman–Crippen LogP) is 2.55. The first-order valence-corrected chi connectivity index (χ1v) is 7.42. The van der Waals surface area contributed by atoms with Gasteiger partial charge in [-0.15, -0.1) is 0 Å². The van der Waals surface area contributed by atoms with E-state index in [9.17, 15) is 4.79 Å². The van der Waals surface area contributed by atoms with Crippen LogP contribution in [0.2, 0.25) is 0 Å². The lowest BCUT2D eigenvalue weighted by molar-refractivity contribution is -0.114. The van der Waals surface area contributed by atoms with Crippen molar-refractivity contribution >= 4 is 45.2 Å². The monoisotopic (exact) mass is 321 g/mol. The molecule has 0 saturated carbocycles. The Balaban J connectivity index is 1.73. The third kappa shape index (κ3) is 2.34. The fraction of sp³-hybridized carbons (Fsp3) is 0.125. The summed E-state index contributed by atoms with van der Waals surface area (Å²) in [4.78, 5) is 15.6. The van der Waals surface area contributed by atoms with Crippen molar-refractivity contribution in [3.8, 4) is 0 Å². The lowest BCUT2D eigenvalue weighted by Crippen LogP contribution is -2.06. The van der Waals surface area contributed by atoms with E-state index in [1.54, 1.807) is 10.9 Å². The number of rotatable bonds is 3. The molecule has 0 aliphatic heterocycles. The maximum atomic E-state index is 11.3. The Morgan fingerprint density at radius 1 is 1.25 bits per heavy atom. The molecule has 0 unspecified atom stereocenters. The Hall–Kier alpha value is -3.42. The molecule has 0 radical (unpaired) electrons. The van der Waals surface area contributed by atoms with Gasteiger partial charge >= 0.3 is 0 Å². The maximum absolute atomic E-state index is 11.3. The van der Waals surface area contributed by atoms with E-state index in [-0.39, 0.29) is 5.91 Å². The summed E-state index contributed by atoms with van der Waals surface area (Å²) < 4.78 is 1.73. The summed E-state index contributed by atoms with van der Waals surface area (Å²) >= 11 is 0. The van der Waals surface area contributed by atoms with Gasteiger partial charge < -0.3 is 10.6 Å². The molecule has 3 N–H and O–H groups in total. The second-order valence-corrected chi connectivity index (χ2v) is 5.48. The Morgan fingerprint density at radius 2 is 2.12 bits per heavy atom.